The normalized spacial score (nSPS) is 18.6. The van der Waals surface area contributed by atoms with Crippen molar-refractivity contribution in [1.29, 1.82) is 0 Å². The summed E-state index contributed by atoms with van der Waals surface area (Å²) in [6.07, 6.45) is 0. The predicted octanol–water partition coefficient (Wildman–Crippen LogP) is 2.32. The molecular formula is C9H6F3NO. The van der Waals surface area contributed by atoms with Crippen molar-refractivity contribution in [3.63, 3.8) is 0 Å². The number of amides is 1. The van der Waals surface area contributed by atoms with Gasteiger partial charge < -0.3 is 0 Å². The molecule has 1 amide bonds. The monoisotopic (exact) mass is 201 g/mol. The third-order valence-electron chi connectivity index (χ3n) is 2.15. The van der Waals surface area contributed by atoms with Crippen molar-refractivity contribution in [1.82, 2.24) is 0 Å². The van der Waals surface area contributed by atoms with E-state index in [9.17, 15) is 18.1 Å². The first-order valence-electron chi connectivity index (χ1n) is 3.94. The molecule has 0 N–H and O–H groups in total. The molecule has 0 unspecified atom stereocenters. The highest BCUT2D eigenvalue weighted by molar-refractivity contribution is 6.04. The van der Waals surface area contributed by atoms with Gasteiger partial charge in [0, 0.05) is 0 Å². The molecule has 74 valence electrons. The Labute approximate surface area is 77.9 Å². The number of fused-ring (bicyclic) bond motifs is 1. The molecule has 2 nitrogen and oxygen atoms in total. The van der Waals surface area contributed by atoms with Gasteiger partial charge in [-0.3, -0.25) is 4.79 Å². The van der Waals surface area contributed by atoms with Gasteiger partial charge in [0.05, 0.1) is 11.3 Å². The molecule has 2 rings (SSSR count). The van der Waals surface area contributed by atoms with E-state index >= 15 is 0 Å². The van der Waals surface area contributed by atoms with Gasteiger partial charge in [-0.25, -0.2) is 0 Å². The van der Waals surface area contributed by atoms with Gasteiger partial charge in [-0.2, -0.15) is 8.78 Å². The average molecular weight is 201 g/mol. The molecule has 1 aliphatic heterocycles. The summed E-state index contributed by atoms with van der Waals surface area (Å²) in [5.41, 5.74) is -0.312. The lowest BCUT2D eigenvalue weighted by molar-refractivity contribution is -0.144. The van der Waals surface area contributed by atoms with Crippen LogP contribution >= 0.6 is 0 Å². The molecule has 1 aromatic carbocycles. The molecule has 0 spiro atoms. The fourth-order valence-corrected chi connectivity index (χ4v) is 1.42. The Morgan fingerprint density at radius 3 is 2.64 bits per heavy atom. The molecule has 14 heavy (non-hydrogen) atoms. The SMILES string of the molecule is Cc1ccc2c(c1)N(F)C(=O)C2(F)F. The third-order valence-corrected chi connectivity index (χ3v) is 2.15. The van der Waals surface area contributed by atoms with E-state index < -0.39 is 22.5 Å². The van der Waals surface area contributed by atoms with Crippen LogP contribution in [0.1, 0.15) is 11.1 Å². The Morgan fingerprint density at radius 1 is 1.36 bits per heavy atom. The minimum Gasteiger partial charge on any atom is -0.264 e. The summed E-state index contributed by atoms with van der Waals surface area (Å²) in [5.74, 6) is -5.56. The first-order chi connectivity index (χ1) is 6.44. The van der Waals surface area contributed by atoms with Crippen LogP contribution in [0.4, 0.5) is 18.9 Å². The second-order valence-electron chi connectivity index (χ2n) is 3.18. The van der Waals surface area contributed by atoms with E-state index in [4.69, 9.17) is 0 Å². The standard InChI is InChI=1S/C9H6F3NO/c1-5-2-3-6-7(4-5)13(12)8(14)9(6,10)11/h2-4H,1H3. The van der Waals surface area contributed by atoms with Crippen molar-refractivity contribution < 1.29 is 18.1 Å². The Morgan fingerprint density at radius 2 is 2.00 bits per heavy atom. The lowest BCUT2D eigenvalue weighted by atomic mass is 10.1. The maximum Gasteiger partial charge on any atom is 0.354 e. The molecule has 0 saturated carbocycles. The van der Waals surface area contributed by atoms with E-state index in [1.54, 1.807) is 6.92 Å². The fraction of sp³-hybridized carbons (Fsp3) is 0.222. The van der Waals surface area contributed by atoms with Crippen LogP contribution in [0.2, 0.25) is 0 Å². The highest BCUT2D eigenvalue weighted by Gasteiger charge is 2.53. The van der Waals surface area contributed by atoms with E-state index in [0.717, 1.165) is 6.07 Å². The molecule has 0 fully saturated rings. The maximum absolute atomic E-state index is 13.1. The number of halogens is 3. The smallest absolute Gasteiger partial charge is 0.264 e. The zero-order chi connectivity index (χ0) is 10.5. The van der Waals surface area contributed by atoms with Crippen molar-refractivity contribution in [2.24, 2.45) is 0 Å². The number of aryl methyl sites for hydroxylation is 1. The first kappa shape index (κ1) is 9.05. The van der Waals surface area contributed by atoms with Crippen LogP contribution in [-0.4, -0.2) is 5.91 Å². The predicted molar refractivity (Wildman–Crippen MR) is 43.7 cm³/mol. The quantitative estimate of drug-likeness (QED) is 0.590. The second-order valence-corrected chi connectivity index (χ2v) is 3.18. The highest BCUT2D eigenvalue weighted by atomic mass is 19.3. The molecule has 0 radical (unpaired) electrons. The Balaban J connectivity index is 2.68. The van der Waals surface area contributed by atoms with E-state index in [-0.39, 0.29) is 5.69 Å². The van der Waals surface area contributed by atoms with Gasteiger partial charge in [-0.05, 0) is 24.6 Å². The zero-order valence-corrected chi connectivity index (χ0v) is 7.22. The van der Waals surface area contributed by atoms with Crippen LogP contribution in [0.3, 0.4) is 0 Å². The highest BCUT2D eigenvalue weighted by Crippen LogP contribution is 2.44. The van der Waals surface area contributed by atoms with Gasteiger partial charge in [-0.15, -0.1) is 5.12 Å². The number of alkyl halides is 2. The minimum atomic E-state index is -3.74. The van der Waals surface area contributed by atoms with E-state index in [0.29, 0.717) is 5.56 Å². The third kappa shape index (κ3) is 0.950. The largest absolute Gasteiger partial charge is 0.354 e. The van der Waals surface area contributed by atoms with Crippen molar-refractivity contribution in [3.05, 3.63) is 29.3 Å². The minimum absolute atomic E-state index is 0.361. The molecule has 1 aromatic rings. The molecular weight excluding hydrogens is 195 g/mol. The van der Waals surface area contributed by atoms with E-state index in [1.165, 1.54) is 12.1 Å². The number of anilines is 1. The van der Waals surface area contributed by atoms with Crippen LogP contribution in [-0.2, 0) is 10.7 Å². The number of hydrogen-bond donors (Lipinski definition) is 0. The summed E-state index contributed by atoms with van der Waals surface area (Å²) < 4.78 is 39.2. The summed E-state index contributed by atoms with van der Waals surface area (Å²) in [5, 5.41) is -0.498. The molecule has 0 aromatic heterocycles. The number of rotatable bonds is 0. The lowest BCUT2D eigenvalue weighted by Crippen LogP contribution is -2.28. The van der Waals surface area contributed by atoms with Crippen molar-refractivity contribution >= 4 is 11.6 Å². The number of benzene rings is 1. The zero-order valence-electron chi connectivity index (χ0n) is 7.22. The van der Waals surface area contributed by atoms with Crippen LogP contribution in [0.5, 0.6) is 0 Å². The molecule has 1 heterocycles. The van der Waals surface area contributed by atoms with Gasteiger partial charge in [0.2, 0.25) is 0 Å². The van der Waals surface area contributed by atoms with Crippen LogP contribution in [0.25, 0.3) is 0 Å². The molecule has 0 atom stereocenters. The topological polar surface area (TPSA) is 20.3 Å². The number of nitrogens with zero attached hydrogens (tertiary/aromatic N) is 1. The van der Waals surface area contributed by atoms with Crippen molar-refractivity contribution in [2.75, 3.05) is 5.12 Å². The van der Waals surface area contributed by atoms with Gasteiger partial charge in [0.1, 0.15) is 0 Å². The van der Waals surface area contributed by atoms with Crippen LogP contribution in [0, 0.1) is 6.92 Å². The maximum atomic E-state index is 13.1. The molecule has 0 aliphatic carbocycles. The Kier molecular flexibility index (Phi) is 1.61. The number of hydrogen-bond acceptors (Lipinski definition) is 1. The summed E-state index contributed by atoms with van der Waals surface area (Å²) in [7, 11) is 0. The molecule has 5 heteroatoms. The average Bonchev–Trinajstić information content (AvgIpc) is 2.28. The number of carbonyl (C=O) groups excluding carboxylic acids is 1. The van der Waals surface area contributed by atoms with Crippen molar-refractivity contribution in [2.45, 2.75) is 12.8 Å². The van der Waals surface area contributed by atoms with E-state index in [2.05, 4.69) is 0 Å². The van der Waals surface area contributed by atoms with Gasteiger partial charge in [0.15, 0.2) is 0 Å². The van der Waals surface area contributed by atoms with Gasteiger partial charge in [-0.1, -0.05) is 10.5 Å². The van der Waals surface area contributed by atoms with Crippen molar-refractivity contribution in [3.8, 4) is 0 Å². The first-order valence-corrected chi connectivity index (χ1v) is 3.94. The molecule has 1 aliphatic rings. The van der Waals surface area contributed by atoms with Gasteiger partial charge >= 0.3 is 11.8 Å². The number of carbonyl (C=O) groups is 1. The van der Waals surface area contributed by atoms with E-state index in [1.807, 2.05) is 0 Å². The fourth-order valence-electron chi connectivity index (χ4n) is 1.42. The summed E-state index contributed by atoms with van der Waals surface area (Å²) in [6.45, 7) is 1.63. The second kappa shape index (κ2) is 2.50. The van der Waals surface area contributed by atoms with Gasteiger partial charge in [0.25, 0.3) is 0 Å². The molecule has 0 saturated heterocycles. The van der Waals surface area contributed by atoms with Crippen LogP contribution < -0.4 is 5.12 Å². The lowest BCUT2D eigenvalue weighted by Gasteiger charge is -2.05. The Bertz CT molecular complexity index is 417. The Hall–Kier alpha value is -1.52. The van der Waals surface area contributed by atoms with Crippen LogP contribution in [0.15, 0.2) is 18.2 Å². The summed E-state index contributed by atoms with van der Waals surface area (Å²) in [6, 6.07) is 3.70. The summed E-state index contributed by atoms with van der Waals surface area (Å²) >= 11 is 0. The summed E-state index contributed by atoms with van der Waals surface area (Å²) in [4.78, 5) is 10.8. The molecule has 0 bridgehead atoms.